The Hall–Kier alpha value is -2.61. The summed E-state index contributed by atoms with van der Waals surface area (Å²) in [5.74, 6) is -2.33. The average Bonchev–Trinajstić information content (AvgIpc) is 2.48. The largest absolute Gasteiger partial charge is 0.503 e. The molecule has 0 saturated carbocycles. The van der Waals surface area contributed by atoms with Gasteiger partial charge in [-0.05, 0) is 6.42 Å². The number of aromatic nitrogens is 2. The van der Waals surface area contributed by atoms with Crippen LogP contribution in [0.3, 0.4) is 0 Å². The zero-order valence-corrected chi connectivity index (χ0v) is 12.0. The second-order valence-corrected chi connectivity index (χ2v) is 4.69. The van der Waals surface area contributed by atoms with Crippen LogP contribution in [0.2, 0.25) is 0 Å². The van der Waals surface area contributed by atoms with E-state index in [1.54, 1.807) is 0 Å². The lowest BCUT2D eigenvalue weighted by atomic mass is 10.2. The van der Waals surface area contributed by atoms with E-state index < -0.39 is 28.3 Å². The number of nitrogens with zero attached hydrogens (tertiary/aromatic N) is 2. The van der Waals surface area contributed by atoms with Crippen LogP contribution in [0.5, 0.6) is 5.75 Å². The molecule has 8 heteroatoms. The third kappa shape index (κ3) is 2.86. The highest BCUT2D eigenvalue weighted by Gasteiger charge is 2.18. The summed E-state index contributed by atoms with van der Waals surface area (Å²) in [6.45, 7) is 3.13. The number of carbonyl (C=O) groups is 1. The van der Waals surface area contributed by atoms with Gasteiger partial charge in [-0.15, -0.1) is 0 Å². The molecule has 2 aromatic heterocycles. The van der Waals surface area contributed by atoms with Crippen molar-refractivity contribution in [3.05, 3.63) is 44.7 Å². The van der Waals surface area contributed by atoms with E-state index in [4.69, 9.17) is 9.84 Å². The molecular weight excluding hydrogens is 292 g/mol. The van der Waals surface area contributed by atoms with E-state index in [9.17, 15) is 19.5 Å². The fourth-order valence-electron chi connectivity index (χ4n) is 2.04. The molecule has 0 bridgehead atoms. The molecule has 2 N–H and O–H groups in total. The highest BCUT2D eigenvalue weighted by atomic mass is 16.5. The average molecular weight is 308 g/mol. The number of hydrogen-bond acceptors (Lipinski definition) is 5. The molecule has 0 amide bonds. The Morgan fingerprint density at radius 2 is 2.00 bits per heavy atom. The standard InChI is InChI=1S/C14H16N2O6/c1-2-6-22-7-5-15-3-4-16-8-9(14(20)21)11(17)12(18)10(16)13(15)19/h3-4,8,18H,2,5-7H2,1H3,(H,20,21). The molecule has 2 heterocycles. The zero-order valence-electron chi connectivity index (χ0n) is 12.0. The van der Waals surface area contributed by atoms with Crippen molar-refractivity contribution in [3.63, 3.8) is 0 Å². The molecule has 22 heavy (non-hydrogen) atoms. The summed E-state index contributed by atoms with van der Waals surface area (Å²) in [7, 11) is 0. The Morgan fingerprint density at radius 1 is 1.27 bits per heavy atom. The predicted molar refractivity (Wildman–Crippen MR) is 77.7 cm³/mol. The first-order chi connectivity index (χ1) is 10.5. The Morgan fingerprint density at radius 3 is 2.64 bits per heavy atom. The van der Waals surface area contributed by atoms with Gasteiger partial charge in [0.2, 0.25) is 5.43 Å². The van der Waals surface area contributed by atoms with Gasteiger partial charge in [0.1, 0.15) is 5.56 Å². The Kier molecular flexibility index (Phi) is 4.62. The molecular formula is C14H16N2O6. The fourth-order valence-corrected chi connectivity index (χ4v) is 2.04. The maximum Gasteiger partial charge on any atom is 0.341 e. The van der Waals surface area contributed by atoms with Crippen LogP contribution < -0.4 is 11.0 Å². The highest BCUT2D eigenvalue weighted by Crippen LogP contribution is 2.10. The van der Waals surface area contributed by atoms with Gasteiger partial charge in [-0.1, -0.05) is 6.92 Å². The minimum Gasteiger partial charge on any atom is -0.503 e. The molecule has 118 valence electrons. The third-order valence-corrected chi connectivity index (χ3v) is 3.14. The van der Waals surface area contributed by atoms with E-state index in [0.717, 1.165) is 17.0 Å². The lowest BCUT2D eigenvalue weighted by Gasteiger charge is -2.10. The maximum atomic E-state index is 12.3. The van der Waals surface area contributed by atoms with E-state index in [1.165, 1.54) is 17.0 Å². The summed E-state index contributed by atoms with van der Waals surface area (Å²) in [5.41, 5.74) is -2.52. The first-order valence-corrected chi connectivity index (χ1v) is 6.75. The molecule has 0 spiro atoms. The number of rotatable bonds is 6. The minimum atomic E-state index is -1.47. The van der Waals surface area contributed by atoms with Crippen LogP contribution in [0.4, 0.5) is 0 Å². The number of carboxylic acid groups (broad SMARTS) is 1. The molecule has 2 rings (SSSR count). The van der Waals surface area contributed by atoms with Crippen LogP contribution in [0.25, 0.3) is 5.52 Å². The number of aromatic carboxylic acids is 1. The van der Waals surface area contributed by atoms with Crippen LogP contribution in [-0.4, -0.2) is 38.4 Å². The maximum absolute atomic E-state index is 12.3. The first-order valence-electron chi connectivity index (χ1n) is 6.75. The molecule has 8 nitrogen and oxygen atoms in total. The summed E-state index contributed by atoms with van der Waals surface area (Å²) >= 11 is 0. The first kappa shape index (κ1) is 15.8. The highest BCUT2D eigenvalue weighted by molar-refractivity contribution is 5.88. The van der Waals surface area contributed by atoms with E-state index in [0.29, 0.717) is 13.2 Å². The van der Waals surface area contributed by atoms with Crippen molar-refractivity contribution in [2.24, 2.45) is 0 Å². The molecule has 0 saturated heterocycles. The predicted octanol–water partition coefficient (Wildman–Crippen LogP) is 0.292. The number of ether oxygens (including phenoxy) is 1. The molecule has 2 aromatic rings. The smallest absolute Gasteiger partial charge is 0.341 e. The van der Waals surface area contributed by atoms with Crippen molar-refractivity contribution >= 4 is 11.5 Å². The normalized spacial score (nSPS) is 11.0. The van der Waals surface area contributed by atoms with Crippen molar-refractivity contribution in [1.82, 2.24) is 8.97 Å². The van der Waals surface area contributed by atoms with Crippen molar-refractivity contribution in [2.75, 3.05) is 13.2 Å². The van der Waals surface area contributed by atoms with Crippen LogP contribution in [0.1, 0.15) is 23.7 Å². The second kappa shape index (κ2) is 6.44. The topological polar surface area (TPSA) is 110 Å². The van der Waals surface area contributed by atoms with Gasteiger partial charge < -0.3 is 23.9 Å². The summed E-state index contributed by atoms with van der Waals surface area (Å²) in [4.78, 5) is 35.0. The van der Waals surface area contributed by atoms with Gasteiger partial charge in [0.25, 0.3) is 5.56 Å². The minimum absolute atomic E-state index is 0.256. The molecule has 0 aliphatic heterocycles. The summed E-state index contributed by atoms with van der Waals surface area (Å²) in [6.07, 6.45) is 4.72. The second-order valence-electron chi connectivity index (χ2n) is 4.69. The van der Waals surface area contributed by atoms with Crippen LogP contribution >= 0.6 is 0 Å². The van der Waals surface area contributed by atoms with Gasteiger partial charge in [0.15, 0.2) is 11.3 Å². The van der Waals surface area contributed by atoms with E-state index >= 15 is 0 Å². The Labute approximate surface area is 124 Å². The van der Waals surface area contributed by atoms with Gasteiger partial charge in [-0.25, -0.2) is 4.79 Å². The van der Waals surface area contributed by atoms with E-state index in [2.05, 4.69) is 0 Å². The quantitative estimate of drug-likeness (QED) is 0.742. The third-order valence-electron chi connectivity index (χ3n) is 3.14. The lowest BCUT2D eigenvalue weighted by Crippen LogP contribution is -2.27. The number of fused-ring (bicyclic) bond motifs is 1. The van der Waals surface area contributed by atoms with E-state index in [-0.39, 0.29) is 12.1 Å². The fraction of sp³-hybridized carbons (Fsp3) is 0.357. The zero-order chi connectivity index (χ0) is 16.3. The van der Waals surface area contributed by atoms with Crippen LogP contribution in [-0.2, 0) is 11.3 Å². The summed E-state index contributed by atoms with van der Waals surface area (Å²) in [5, 5.41) is 18.8. The monoisotopic (exact) mass is 308 g/mol. The Balaban J connectivity index is 2.50. The van der Waals surface area contributed by atoms with Gasteiger partial charge >= 0.3 is 5.97 Å². The molecule has 0 aliphatic carbocycles. The van der Waals surface area contributed by atoms with Crippen LogP contribution in [0, 0.1) is 0 Å². The van der Waals surface area contributed by atoms with Gasteiger partial charge in [0, 0.05) is 31.7 Å². The molecule has 0 atom stereocenters. The van der Waals surface area contributed by atoms with Crippen molar-refractivity contribution < 1.29 is 19.7 Å². The Bertz CT molecular complexity index is 820. The van der Waals surface area contributed by atoms with Crippen molar-refractivity contribution in [1.29, 1.82) is 0 Å². The molecule has 0 aliphatic rings. The van der Waals surface area contributed by atoms with Gasteiger partial charge in [-0.2, -0.15) is 0 Å². The number of aromatic hydroxyl groups is 1. The van der Waals surface area contributed by atoms with Crippen molar-refractivity contribution in [2.45, 2.75) is 19.9 Å². The molecule has 0 aromatic carbocycles. The summed E-state index contributed by atoms with van der Waals surface area (Å²) in [6, 6.07) is 0. The number of carboxylic acids is 1. The van der Waals surface area contributed by atoms with Crippen molar-refractivity contribution in [3.8, 4) is 5.75 Å². The van der Waals surface area contributed by atoms with Crippen LogP contribution in [0.15, 0.2) is 28.2 Å². The summed E-state index contributed by atoms with van der Waals surface area (Å²) < 4.78 is 7.72. The molecule has 0 fully saturated rings. The van der Waals surface area contributed by atoms with Gasteiger partial charge in [-0.3, -0.25) is 9.59 Å². The number of pyridine rings is 1. The number of hydrogen-bond donors (Lipinski definition) is 2. The molecule has 0 radical (unpaired) electrons. The van der Waals surface area contributed by atoms with Gasteiger partial charge in [0.05, 0.1) is 6.61 Å². The lowest BCUT2D eigenvalue weighted by molar-refractivity contribution is 0.0694. The SMILES string of the molecule is CCCOCCn1ccn2cc(C(=O)O)c(=O)c(O)c2c1=O. The van der Waals surface area contributed by atoms with E-state index in [1.807, 2.05) is 6.92 Å². The molecule has 0 unspecified atom stereocenters.